The predicted molar refractivity (Wildman–Crippen MR) is 74.9 cm³/mol. The number of halogens is 1. The van der Waals surface area contributed by atoms with Crippen LogP contribution in [-0.2, 0) is 0 Å². The normalized spacial score (nSPS) is 17.5. The minimum atomic E-state index is -0.744. The van der Waals surface area contributed by atoms with Gasteiger partial charge in [0.15, 0.2) is 11.5 Å². The van der Waals surface area contributed by atoms with Crippen molar-refractivity contribution in [3.05, 3.63) is 22.7 Å². The van der Waals surface area contributed by atoms with E-state index in [1.165, 1.54) is 12.8 Å². The van der Waals surface area contributed by atoms with Gasteiger partial charge in [-0.2, -0.15) is 0 Å². The monoisotopic (exact) mass is 285 g/mol. The number of methoxy groups -OCH3 is 1. The first-order valence-electron chi connectivity index (χ1n) is 6.58. The molecule has 0 spiro atoms. The highest BCUT2D eigenvalue weighted by Gasteiger charge is 2.21. The van der Waals surface area contributed by atoms with Crippen molar-refractivity contribution in [2.75, 3.05) is 13.7 Å². The number of aliphatic hydroxyl groups excluding tert-OH is 1. The average molecular weight is 286 g/mol. The van der Waals surface area contributed by atoms with Gasteiger partial charge in [0.2, 0.25) is 0 Å². The molecule has 0 amide bonds. The molecule has 2 rings (SSSR count). The number of benzene rings is 1. The van der Waals surface area contributed by atoms with Crippen molar-refractivity contribution in [1.29, 1.82) is 0 Å². The van der Waals surface area contributed by atoms with Crippen LogP contribution in [0, 0.1) is 0 Å². The van der Waals surface area contributed by atoms with Gasteiger partial charge >= 0.3 is 0 Å². The molecule has 0 aliphatic heterocycles. The molecule has 1 aromatic rings. The molecule has 1 saturated carbocycles. The highest BCUT2D eigenvalue weighted by molar-refractivity contribution is 6.32. The third-order valence-electron chi connectivity index (χ3n) is 3.45. The van der Waals surface area contributed by atoms with Crippen molar-refractivity contribution >= 4 is 11.6 Å². The molecule has 1 aromatic carbocycles. The van der Waals surface area contributed by atoms with Crippen LogP contribution >= 0.6 is 11.6 Å². The van der Waals surface area contributed by atoms with Crippen LogP contribution in [-0.4, -0.2) is 24.9 Å². The Morgan fingerprint density at radius 3 is 2.68 bits per heavy atom. The molecule has 1 unspecified atom stereocenters. The summed E-state index contributed by atoms with van der Waals surface area (Å²) in [7, 11) is 1.56. The Bertz CT molecular complexity index is 433. The second-order valence-corrected chi connectivity index (χ2v) is 5.22. The van der Waals surface area contributed by atoms with E-state index in [1.54, 1.807) is 19.2 Å². The maximum Gasteiger partial charge on any atom is 0.180 e. The molecular weight excluding hydrogens is 266 g/mol. The summed E-state index contributed by atoms with van der Waals surface area (Å²) in [4.78, 5) is 0. The first-order valence-corrected chi connectivity index (χ1v) is 6.95. The second kappa shape index (κ2) is 6.46. The standard InChI is InChI=1S/C14H20ClNO3/c1-18-13-7-9(12(17)8-16)6-11(15)14(13)19-10-4-2-3-5-10/h6-7,10,12,17H,2-5,8,16H2,1H3. The van der Waals surface area contributed by atoms with Crippen LogP contribution < -0.4 is 15.2 Å². The molecule has 3 N–H and O–H groups in total. The molecule has 4 nitrogen and oxygen atoms in total. The van der Waals surface area contributed by atoms with E-state index in [1.807, 2.05) is 0 Å². The van der Waals surface area contributed by atoms with Crippen LogP contribution in [0.1, 0.15) is 37.4 Å². The third kappa shape index (κ3) is 3.32. The lowest BCUT2D eigenvalue weighted by Crippen LogP contribution is -2.14. The number of hydrogen-bond acceptors (Lipinski definition) is 4. The lowest BCUT2D eigenvalue weighted by molar-refractivity contribution is 0.184. The Balaban J connectivity index is 2.26. The zero-order chi connectivity index (χ0) is 13.8. The molecule has 19 heavy (non-hydrogen) atoms. The third-order valence-corrected chi connectivity index (χ3v) is 3.73. The summed E-state index contributed by atoms with van der Waals surface area (Å²) in [6.45, 7) is 0.141. The van der Waals surface area contributed by atoms with Crippen LogP contribution in [0.2, 0.25) is 5.02 Å². The Hall–Kier alpha value is -0.970. The summed E-state index contributed by atoms with van der Waals surface area (Å²) >= 11 is 6.24. The lowest BCUT2D eigenvalue weighted by atomic mass is 10.1. The lowest BCUT2D eigenvalue weighted by Gasteiger charge is -2.19. The molecule has 1 atom stereocenters. The van der Waals surface area contributed by atoms with Crippen LogP contribution in [0.3, 0.4) is 0 Å². The molecule has 1 fully saturated rings. The Morgan fingerprint density at radius 1 is 1.42 bits per heavy atom. The summed E-state index contributed by atoms with van der Waals surface area (Å²) in [5, 5.41) is 10.2. The maximum absolute atomic E-state index is 9.77. The van der Waals surface area contributed by atoms with E-state index in [-0.39, 0.29) is 12.6 Å². The fourth-order valence-corrected chi connectivity index (χ4v) is 2.62. The van der Waals surface area contributed by atoms with Gasteiger partial charge in [0.25, 0.3) is 0 Å². The van der Waals surface area contributed by atoms with Gasteiger partial charge in [0.1, 0.15) is 0 Å². The van der Waals surface area contributed by atoms with Crippen molar-refractivity contribution < 1.29 is 14.6 Å². The van der Waals surface area contributed by atoms with Gasteiger partial charge in [-0.3, -0.25) is 0 Å². The zero-order valence-corrected chi connectivity index (χ0v) is 11.8. The minimum absolute atomic E-state index is 0.141. The molecule has 1 aliphatic rings. The SMILES string of the molecule is COc1cc(C(O)CN)cc(Cl)c1OC1CCCC1. The van der Waals surface area contributed by atoms with Gasteiger partial charge < -0.3 is 20.3 Å². The molecule has 5 heteroatoms. The van der Waals surface area contributed by atoms with Crippen LogP contribution in [0.4, 0.5) is 0 Å². The molecule has 1 aliphatic carbocycles. The first kappa shape index (κ1) is 14.4. The van der Waals surface area contributed by atoms with E-state index in [0.29, 0.717) is 22.1 Å². The quantitative estimate of drug-likeness (QED) is 0.873. The van der Waals surface area contributed by atoms with Crippen LogP contribution in [0.15, 0.2) is 12.1 Å². The molecule has 0 heterocycles. The number of hydrogen-bond donors (Lipinski definition) is 2. The summed E-state index contributed by atoms with van der Waals surface area (Å²) in [5.41, 5.74) is 6.09. The zero-order valence-electron chi connectivity index (χ0n) is 11.1. The van der Waals surface area contributed by atoms with Gasteiger partial charge in [-0.15, -0.1) is 0 Å². The molecule has 0 radical (unpaired) electrons. The Labute approximate surface area is 118 Å². The summed E-state index contributed by atoms with van der Waals surface area (Å²) < 4.78 is 11.2. The first-order chi connectivity index (χ1) is 9.15. The minimum Gasteiger partial charge on any atom is -0.493 e. The number of nitrogens with two attached hydrogens (primary N) is 1. The van der Waals surface area contributed by atoms with Crippen molar-refractivity contribution in [3.63, 3.8) is 0 Å². The van der Waals surface area contributed by atoms with Gasteiger partial charge in [-0.1, -0.05) is 11.6 Å². The Kier molecular flexibility index (Phi) is 4.91. The van der Waals surface area contributed by atoms with Gasteiger partial charge in [-0.25, -0.2) is 0 Å². The molecule has 0 saturated heterocycles. The van der Waals surface area contributed by atoms with E-state index >= 15 is 0 Å². The van der Waals surface area contributed by atoms with Crippen molar-refractivity contribution in [1.82, 2.24) is 0 Å². The van der Waals surface area contributed by atoms with Gasteiger partial charge in [0.05, 0.1) is 24.3 Å². The Morgan fingerprint density at radius 2 is 2.11 bits per heavy atom. The summed E-state index contributed by atoms with van der Waals surface area (Å²) in [6.07, 6.45) is 3.94. The van der Waals surface area contributed by atoms with E-state index in [9.17, 15) is 5.11 Å². The van der Waals surface area contributed by atoms with Crippen LogP contribution in [0.5, 0.6) is 11.5 Å². The summed E-state index contributed by atoms with van der Waals surface area (Å²) in [6, 6.07) is 3.42. The molecular formula is C14H20ClNO3. The number of rotatable bonds is 5. The topological polar surface area (TPSA) is 64.7 Å². The maximum atomic E-state index is 9.77. The fourth-order valence-electron chi connectivity index (χ4n) is 2.36. The van der Waals surface area contributed by atoms with Gasteiger partial charge in [0, 0.05) is 6.54 Å². The predicted octanol–water partition coefficient (Wildman–Crippen LogP) is 2.66. The van der Waals surface area contributed by atoms with E-state index in [4.69, 9.17) is 26.8 Å². The van der Waals surface area contributed by atoms with E-state index in [0.717, 1.165) is 12.8 Å². The van der Waals surface area contributed by atoms with Crippen molar-refractivity contribution in [3.8, 4) is 11.5 Å². The average Bonchev–Trinajstić information content (AvgIpc) is 2.92. The second-order valence-electron chi connectivity index (χ2n) is 4.81. The smallest absolute Gasteiger partial charge is 0.180 e. The molecule has 106 valence electrons. The number of ether oxygens (including phenoxy) is 2. The molecule has 0 aromatic heterocycles. The largest absolute Gasteiger partial charge is 0.493 e. The highest BCUT2D eigenvalue weighted by Crippen LogP contribution is 2.40. The van der Waals surface area contributed by atoms with Crippen LogP contribution in [0.25, 0.3) is 0 Å². The van der Waals surface area contributed by atoms with E-state index < -0.39 is 6.10 Å². The van der Waals surface area contributed by atoms with Crippen molar-refractivity contribution in [2.24, 2.45) is 5.73 Å². The molecule has 0 bridgehead atoms. The van der Waals surface area contributed by atoms with E-state index in [2.05, 4.69) is 0 Å². The van der Waals surface area contributed by atoms with Gasteiger partial charge in [-0.05, 0) is 43.4 Å². The summed E-state index contributed by atoms with van der Waals surface area (Å²) in [5.74, 6) is 1.10. The highest BCUT2D eigenvalue weighted by atomic mass is 35.5. The van der Waals surface area contributed by atoms with Crippen molar-refractivity contribution in [2.45, 2.75) is 37.9 Å². The fraction of sp³-hybridized carbons (Fsp3) is 0.571. The number of aliphatic hydroxyl groups is 1.